The first-order chi connectivity index (χ1) is 16.8. The lowest BCUT2D eigenvalue weighted by atomic mass is 9.92. The van der Waals surface area contributed by atoms with Crippen LogP contribution < -0.4 is 10.1 Å². The smallest absolute Gasteiger partial charge is 0.338 e. The van der Waals surface area contributed by atoms with Crippen LogP contribution in [0, 0.1) is 0 Å². The number of allylic oxidation sites excluding steroid dienone is 1. The standard InChI is InChI=1S/C27H29N3O4S/c1-16(2)18-9-11-19(12-10-18)25-24(26(32)34-5)17(3)28-27-30(25)21(15-35-27)14-23(31)29-20-7-6-8-22(13-20)33-4/h6-13,15-16,25H,14H2,1-5H3,(H,29,31)/t25-/m0/s1. The molecule has 0 bridgehead atoms. The fourth-order valence-corrected chi connectivity index (χ4v) is 5.15. The molecule has 0 radical (unpaired) electrons. The number of thioether (sulfide) groups is 1. The number of hydrogen-bond donors (Lipinski definition) is 1. The van der Waals surface area contributed by atoms with E-state index in [1.165, 1.54) is 24.4 Å². The zero-order valence-electron chi connectivity index (χ0n) is 20.5. The molecule has 1 N–H and O–H groups in total. The van der Waals surface area contributed by atoms with Crippen molar-refractivity contribution in [2.24, 2.45) is 4.99 Å². The van der Waals surface area contributed by atoms with Gasteiger partial charge in [-0.25, -0.2) is 9.79 Å². The summed E-state index contributed by atoms with van der Waals surface area (Å²) in [6.07, 6.45) is 0.122. The van der Waals surface area contributed by atoms with Crippen molar-refractivity contribution in [2.45, 2.75) is 39.2 Å². The van der Waals surface area contributed by atoms with Gasteiger partial charge in [-0.2, -0.15) is 0 Å². The van der Waals surface area contributed by atoms with Crippen molar-refractivity contribution in [1.82, 2.24) is 4.90 Å². The highest BCUT2D eigenvalue weighted by Gasteiger charge is 2.41. The summed E-state index contributed by atoms with van der Waals surface area (Å²) in [5.41, 5.74) is 4.64. The van der Waals surface area contributed by atoms with Gasteiger partial charge in [-0.1, -0.05) is 55.9 Å². The van der Waals surface area contributed by atoms with Crippen LogP contribution in [0.5, 0.6) is 5.75 Å². The Kier molecular flexibility index (Phi) is 7.31. The van der Waals surface area contributed by atoms with Gasteiger partial charge in [0.05, 0.1) is 38.0 Å². The fraction of sp³-hybridized carbons (Fsp3) is 0.296. The van der Waals surface area contributed by atoms with E-state index in [9.17, 15) is 9.59 Å². The second kappa shape index (κ2) is 10.4. The third kappa shape index (κ3) is 5.12. The first-order valence-electron chi connectivity index (χ1n) is 11.4. The van der Waals surface area contributed by atoms with Gasteiger partial charge < -0.3 is 19.7 Å². The van der Waals surface area contributed by atoms with Crippen LogP contribution in [-0.4, -0.2) is 36.2 Å². The van der Waals surface area contributed by atoms with E-state index in [-0.39, 0.29) is 12.3 Å². The summed E-state index contributed by atoms with van der Waals surface area (Å²) in [6, 6.07) is 15.0. The van der Waals surface area contributed by atoms with Crippen LogP contribution in [0.25, 0.3) is 0 Å². The van der Waals surface area contributed by atoms with E-state index in [1.54, 1.807) is 13.2 Å². The number of methoxy groups -OCH3 is 2. The Morgan fingerprint density at radius 3 is 2.54 bits per heavy atom. The van der Waals surface area contributed by atoms with Crippen molar-refractivity contribution < 1.29 is 19.1 Å². The lowest BCUT2D eigenvalue weighted by Gasteiger charge is -2.36. The minimum absolute atomic E-state index is 0.122. The average Bonchev–Trinajstić information content (AvgIpc) is 3.24. The number of nitrogens with one attached hydrogen (secondary N) is 1. The van der Waals surface area contributed by atoms with E-state index in [0.717, 1.165) is 16.4 Å². The molecule has 1 atom stereocenters. The van der Waals surface area contributed by atoms with E-state index in [2.05, 4.69) is 36.3 Å². The van der Waals surface area contributed by atoms with Crippen molar-refractivity contribution in [1.29, 1.82) is 0 Å². The van der Waals surface area contributed by atoms with E-state index >= 15 is 0 Å². The molecule has 0 fully saturated rings. The van der Waals surface area contributed by atoms with Crippen molar-refractivity contribution in [2.75, 3.05) is 19.5 Å². The third-order valence-corrected chi connectivity index (χ3v) is 6.91. The quantitative estimate of drug-likeness (QED) is 0.508. The van der Waals surface area contributed by atoms with Crippen LogP contribution in [0.3, 0.4) is 0 Å². The van der Waals surface area contributed by atoms with E-state index in [0.29, 0.717) is 28.6 Å². The maximum atomic E-state index is 13.0. The Hall–Kier alpha value is -3.52. The van der Waals surface area contributed by atoms with Gasteiger partial charge in [-0.15, -0.1) is 0 Å². The molecule has 7 nitrogen and oxygen atoms in total. The molecule has 8 heteroatoms. The number of amidine groups is 1. The second-order valence-corrected chi connectivity index (χ2v) is 9.50. The highest BCUT2D eigenvalue weighted by atomic mass is 32.2. The Morgan fingerprint density at radius 2 is 1.89 bits per heavy atom. The molecular weight excluding hydrogens is 462 g/mol. The molecule has 182 valence electrons. The molecule has 2 aromatic carbocycles. The molecule has 0 saturated heterocycles. The van der Waals surface area contributed by atoms with E-state index < -0.39 is 12.0 Å². The minimum Gasteiger partial charge on any atom is -0.497 e. The summed E-state index contributed by atoms with van der Waals surface area (Å²) in [5, 5.41) is 5.59. The Bertz CT molecular complexity index is 1230. The summed E-state index contributed by atoms with van der Waals surface area (Å²) in [5.74, 6) is 0.451. The minimum atomic E-state index is -0.443. The van der Waals surface area contributed by atoms with Crippen LogP contribution in [0.4, 0.5) is 5.69 Å². The van der Waals surface area contributed by atoms with Crippen LogP contribution in [0.1, 0.15) is 50.3 Å². The highest BCUT2D eigenvalue weighted by Crippen LogP contribution is 2.45. The average molecular weight is 492 g/mol. The first-order valence-corrected chi connectivity index (χ1v) is 12.3. The van der Waals surface area contributed by atoms with Gasteiger partial charge in [0.25, 0.3) is 0 Å². The number of hydrogen-bond acceptors (Lipinski definition) is 7. The molecule has 0 aromatic heterocycles. The summed E-state index contributed by atoms with van der Waals surface area (Å²) in [7, 11) is 2.96. The van der Waals surface area contributed by atoms with Crippen molar-refractivity contribution in [3.63, 3.8) is 0 Å². The number of aliphatic imine (C=N–C) groups is 1. The first kappa shape index (κ1) is 24.6. The summed E-state index contributed by atoms with van der Waals surface area (Å²) >= 11 is 1.45. The molecule has 0 unspecified atom stereocenters. The Balaban J connectivity index is 1.65. The maximum absolute atomic E-state index is 13.0. The van der Waals surface area contributed by atoms with Gasteiger partial charge in [-0.3, -0.25) is 4.79 Å². The Labute approximate surface area is 209 Å². The van der Waals surface area contributed by atoms with E-state index in [4.69, 9.17) is 9.47 Å². The highest BCUT2D eigenvalue weighted by molar-refractivity contribution is 8.16. The molecule has 2 aliphatic heterocycles. The number of nitrogens with zero attached hydrogens (tertiary/aromatic N) is 2. The van der Waals surface area contributed by atoms with Crippen molar-refractivity contribution >= 4 is 34.5 Å². The van der Waals surface area contributed by atoms with Crippen molar-refractivity contribution in [3.05, 3.63) is 82.0 Å². The number of fused-ring (bicyclic) bond motifs is 1. The number of carbonyl (C=O) groups excluding carboxylic acids is 2. The molecule has 1 amide bonds. The molecule has 2 aliphatic rings. The molecule has 0 aliphatic carbocycles. The third-order valence-electron chi connectivity index (χ3n) is 6.02. The molecule has 2 aromatic rings. The molecule has 2 heterocycles. The predicted molar refractivity (Wildman–Crippen MR) is 139 cm³/mol. The number of anilines is 1. The van der Waals surface area contributed by atoms with Crippen LogP contribution >= 0.6 is 11.8 Å². The van der Waals surface area contributed by atoms with Gasteiger partial charge in [0.2, 0.25) is 5.91 Å². The van der Waals surface area contributed by atoms with Gasteiger partial charge in [0.1, 0.15) is 5.75 Å². The topological polar surface area (TPSA) is 80.2 Å². The monoisotopic (exact) mass is 491 g/mol. The van der Waals surface area contributed by atoms with Crippen molar-refractivity contribution in [3.8, 4) is 5.75 Å². The Morgan fingerprint density at radius 1 is 1.14 bits per heavy atom. The number of benzene rings is 2. The SMILES string of the molecule is COC(=O)C1=C(C)N=C2SC=C(CC(=O)Nc3cccc(OC)c3)N2[C@H]1c1ccc(C(C)C)cc1. The van der Waals surface area contributed by atoms with Crippen LogP contribution in [0.15, 0.2) is 75.9 Å². The number of ether oxygens (including phenoxy) is 2. The zero-order valence-corrected chi connectivity index (χ0v) is 21.3. The molecular formula is C27H29N3O4S. The second-order valence-electron chi connectivity index (χ2n) is 8.66. The van der Waals surface area contributed by atoms with Gasteiger partial charge in [0, 0.05) is 17.5 Å². The normalized spacial score (nSPS) is 17.1. The molecule has 0 spiro atoms. The lowest BCUT2D eigenvalue weighted by Crippen LogP contribution is -2.37. The maximum Gasteiger partial charge on any atom is 0.338 e. The number of rotatable bonds is 7. The zero-order chi connectivity index (χ0) is 25.1. The van der Waals surface area contributed by atoms with Gasteiger partial charge >= 0.3 is 5.97 Å². The number of carbonyl (C=O) groups is 2. The summed E-state index contributed by atoms with van der Waals surface area (Å²) in [4.78, 5) is 32.5. The largest absolute Gasteiger partial charge is 0.497 e. The van der Waals surface area contributed by atoms with Crippen LogP contribution in [-0.2, 0) is 14.3 Å². The molecule has 35 heavy (non-hydrogen) atoms. The summed E-state index contributed by atoms with van der Waals surface area (Å²) in [6.45, 7) is 6.10. The fourth-order valence-electron chi connectivity index (χ4n) is 4.19. The van der Waals surface area contributed by atoms with Gasteiger partial charge in [-0.05, 0) is 41.5 Å². The van der Waals surface area contributed by atoms with Gasteiger partial charge in [0.15, 0.2) is 5.17 Å². The number of amides is 1. The van der Waals surface area contributed by atoms with Crippen LogP contribution in [0.2, 0.25) is 0 Å². The predicted octanol–water partition coefficient (Wildman–Crippen LogP) is 5.60. The molecule has 4 rings (SSSR count). The van der Waals surface area contributed by atoms with E-state index in [1.807, 2.05) is 47.6 Å². The molecule has 0 saturated carbocycles. The lowest BCUT2D eigenvalue weighted by molar-refractivity contribution is -0.136. The number of esters is 1. The summed E-state index contributed by atoms with van der Waals surface area (Å²) < 4.78 is 10.4.